The van der Waals surface area contributed by atoms with Gasteiger partial charge in [-0.05, 0) is 31.0 Å². The zero-order valence-electron chi connectivity index (χ0n) is 11.6. The molecule has 4 nitrogen and oxygen atoms in total. The van der Waals surface area contributed by atoms with Gasteiger partial charge in [0, 0.05) is 11.8 Å². The Hall–Kier alpha value is -1.91. The molecular formula is C15H18FNO3. The number of hydrogen-bond donors (Lipinski definition) is 1. The van der Waals surface area contributed by atoms with Crippen molar-refractivity contribution in [2.45, 2.75) is 38.1 Å². The number of carbonyl (C=O) groups excluding carboxylic acids is 2. The summed E-state index contributed by atoms with van der Waals surface area (Å²) in [4.78, 5) is 23.9. The average Bonchev–Trinajstić information content (AvgIpc) is 2.77. The van der Waals surface area contributed by atoms with Gasteiger partial charge in [-0.15, -0.1) is 0 Å². The van der Waals surface area contributed by atoms with Crippen molar-refractivity contribution in [2.24, 2.45) is 0 Å². The maximum absolute atomic E-state index is 13.5. The van der Waals surface area contributed by atoms with Crippen LogP contribution in [0, 0.1) is 5.82 Å². The molecule has 1 aromatic rings. The second-order valence-electron chi connectivity index (χ2n) is 4.95. The zero-order chi connectivity index (χ0) is 14.8. The van der Waals surface area contributed by atoms with Gasteiger partial charge in [0.25, 0.3) is 0 Å². The zero-order valence-corrected chi connectivity index (χ0v) is 11.6. The Kier molecular flexibility index (Phi) is 4.06. The molecule has 0 saturated carbocycles. The van der Waals surface area contributed by atoms with Crippen molar-refractivity contribution in [3.05, 3.63) is 35.6 Å². The molecule has 0 aliphatic carbocycles. The van der Waals surface area contributed by atoms with Crippen LogP contribution in [-0.4, -0.2) is 24.5 Å². The number of benzene rings is 1. The molecule has 0 radical (unpaired) electrons. The first-order valence-electron chi connectivity index (χ1n) is 6.75. The minimum Gasteiger partial charge on any atom is -0.464 e. The van der Waals surface area contributed by atoms with Gasteiger partial charge in [0.1, 0.15) is 11.9 Å². The maximum Gasteiger partial charge on any atom is 0.329 e. The Morgan fingerprint density at radius 2 is 2.25 bits per heavy atom. The molecular weight excluding hydrogens is 261 g/mol. The van der Waals surface area contributed by atoms with Gasteiger partial charge in [0.05, 0.1) is 6.61 Å². The molecule has 1 amide bonds. The van der Waals surface area contributed by atoms with Crippen molar-refractivity contribution in [1.82, 2.24) is 5.32 Å². The fraction of sp³-hybridized carbons (Fsp3) is 0.467. The van der Waals surface area contributed by atoms with Crippen molar-refractivity contribution in [1.29, 1.82) is 0 Å². The average molecular weight is 279 g/mol. The van der Waals surface area contributed by atoms with E-state index in [1.165, 1.54) is 12.1 Å². The molecule has 2 unspecified atom stereocenters. The molecule has 1 N–H and O–H groups in total. The van der Waals surface area contributed by atoms with Gasteiger partial charge in [-0.2, -0.15) is 0 Å². The van der Waals surface area contributed by atoms with Crippen LogP contribution in [0.5, 0.6) is 0 Å². The lowest BCUT2D eigenvalue weighted by molar-refractivity contribution is -0.147. The quantitative estimate of drug-likeness (QED) is 0.857. The van der Waals surface area contributed by atoms with Crippen molar-refractivity contribution in [2.75, 3.05) is 6.61 Å². The molecule has 1 fully saturated rings. The van der Waals surface area contributed by atoms with Gasteiger partial charge in [0.15, 0.2) is 0 Å². The normalized spacial score (nSPS) is 25.4. The van der Waals surface area contributed by atoms with Crippen LogP contribution in [0.1, 0.15) is 32.3 Å². The highest BCUT2D eigenvalue weighted by Crippen LogP contribution is 2.40. The van der Waals surface area contributed by atoms with E-state index in [0.717, 1.165) is 0 Å². The van der Waals surface area contributed by atoms with Crippen molar-refractivity contribution < 1.29 is 18.7 Å². The highest BCUT2D eigenvalue weighted by Gasteiger charge is 2.51. The summed E-state index contributed by atoms with van der Waals surface area (Å²) in [7, 11) is 0. The van der Waals surface area contributed by atoms with E-state index in [2.05, 4.69) is 5.32 Å². The number of esters is 1. The van der Waals surface area contributed by atoms with E-state index < -0.39 is 17.4 Å². The molecule has 1 aliphatic heterocycles. The summed E-state index contributed by atoms with van der Waals surface area (Å²) < 4.78 is 18.5. The standard InChI is InChI=1S/C15H18FNO3/c1-3-15(10-6-5-7-11(16)8-10)9-12(18)17-13(15)14(19)20-4-2/h5-8,13H,3-4,9H2,1-2H3,(H,17,18). The lowest BCUT2D eigenvalue weighted by Crippen LogP contribution is -2.47. The third kappa shape index (κ3) is 2.40. The Bertz CT molecular complexity index is 532. The molecule has 0 aromatic heterocycles. The van der Waals surface area contributed by atoms with Crippen molar-refractivity contribution in [3.63, 3.8) is 0 Å². The van der Waals surface area contributed by atoms with Crippen LogP contribution in [0.3, 0.4) is 0 Å². The lowest BCUT2D eigenvalue weighted by atomic mass is 9.72. The van der Waals surface area contributed by atoms with E-state index in [4.69, 9.17) is 4.74 Å². The monoisotopic (exact) mass is 279 g/mol. The molecule has 5 heteroatoms. The number of carbonyl (C=O) groups is 2. The van der Waals surface area contributed by atoms with Gasteiger partial charge in [-0.25, -0.2) is 9.18 Å². The largest absolute Gasteiger partial charge is 0.464 e. The van der Waals surface area contributed by atoms with E-state index in [1.54, 1.807) is 19.1 Å². The Morgan fingerprint density at radius 3 is 2.85 bits per heavy atom. The summed E-state index contributed by atoms with van der Waals surface area (Å²) >= 11 is 0. The molecule has 2 rings (SSSR count). The number of rotatable bonds is 4. The topological polar surface area (TPSA) is 55.4 Å². The molecule has 2 atom stereocenters. The van der Waals surface area contributed by atoms with Crippen molar-refractivity contribution in [3.8, 4) is 0 Å². The summed E-state index contributed by atoms with van der Waals surface area (Å²) in [5, 5.41) is 2.66. The van der Waals surface area contributed by atoms with E-state index in [1.807, 2.05) is 6.92 Å². The number of halogens is 1. The predicted molar refractivity (Wildman–Crippen MR) is 71.5 cm³/mol. The van der Waals surface area contributed by atoms with Gasteiger partial charge in [-0.1, -0.05) is 19.1 Å². The smallest absolute Gasteiger partial charge is 0.329 e. The first-order chi connectivity index (χ1) is 9.53. The molecule has 1 aromatic carbocycles. The number of amides is 1. The predicted octanol–water partition coefficient (Wildman–Crippen LogP) is 1.93. The fourth-order valence-corrected chi connectivity index (χ4v) is 2.85. The second kappa shape index (κ2) is 5.61. The highest BCUT2D eigenvalue weighted by atomic mass is 19.1. The molecule has 1 heterocycles. The first kappa shape index (κ1) is 14.5. The number of hydrogen-bond acceptors (Lipinski definition) is 3. The Morgan fingerprint density at radius 1 is 1.50 bits per heavy atom. The maximum atomic E-state index is 13.5. The van der Waals surface area contributed by atoms with Crippen LogP contribution in [0.4, 0.5) is 4.39 Å². The van der Waals surface area contributed by atoms with Crippen molar-refractivity contribution >= 4 is 11.9 Å². The van der Waals surface area contributed by atoms with Crippen LogP contribution in [-0.2, 0) is 19.7 Å². The Balaban J connectivity index is 2.45. The number of ether oxygens (including phenoxy) is 1. The fourth-order valence-electron chi connectivity index (χ4n) is 2.85. The SMILES string of the molecule is CCOC(=O)C1NC(=O)CC1(CC)c1cccc(F)c1. The van der Waals surface area contributed by atoms with Crippen LogP contribution in [0.25, 0.3) is 0 Å². The summed E-state index contributed by atoms with van der Waals surface area (Å²) in [5.74, 6) is -1.06. The molecule has 0 bridgehead atoms. The second-order valence-corrected chi connectivity index (χ2v) is 4.95. The molecule has 0 spiro atoms. The van der Waals surface area contributed by atoms with E-state index in [-0.39, 0.29) is 24.8 Å². The molecule has 1 aliphatic rings. The van der Waals surface area contributed by atoms with Crippen LogP contribution in [0.2, 0.25) is 0 Å². The Labute approximate surface area is 117 Å². The van der Waals surface area contributed by atoms with Gasteiger partial charge in [-0.3, -0.25) is 4.79 Å². The summed E-state index contributed by atoms with van der Waals surface area (Å²) in [6, 6.07) is 5.31. The molecule has 1 saturated heterocycles. The van der Waals surface area contributed by atoms with Gasteiger partial charge >= 0.3 is 5.97 Å². The number of nitrogens with one attached hydrogen (secondary N) is 1. The van der Waals surface area contributed by atoms with E-state index in [9.17, 15) is 14.0 Å². The van der Waals surface area contributed by atoms with Crippen LogP contribution >= 0.6 is 0 Å². The first-order valence-corrected chi connectivity index (χ1v) is 6.75. The highest BCUT2D eigenvalue weighted by molar-refractivity contribution is 5.91. The third-order valence-electron chi connectivity index (χ3n) is 3.89. The van der Waals surface area contributed by atoms with E-state index >= 15 is 0 Å². The van der Waals surface area contributed by atoms with Crippen LogP contribution < -0.4 is 5.32 Å². The van der Waals surface area contributed by atoms with Gasteiger partial charge in [0.2, 0.25) is 5.91 Å². The molecule has 108 valence electrons. The minimum absolute atomic E-state index is 0.163. The summed E-state index contributed by atoms with van der Waals surface area (Å²) in [6.07, 6.45) is 0.703. The summed E-state index contributed by atoms with van der Waals surface area (Å²) in [5.41, 5.74) is -0.0952. The lowest BCUT2D eigenvalue weighted by Gasteiger charge is -2.32. The van der Waals surface area contributed by atoms with E-state index in [0.29, 0.717) is 12.0 Å². The summed E-state index contributed by atoms with van der Waals surface area (Å²) in [6.45, 7) is 3.84. The molecule has 20 heavy (non-hydrogen) atoms. The van der Waals surface area contributed by atoms with Crippen LogP contribution in [0.15, 0.2) is 24.3 Å². The van der Waals surface area contributed by atoms with Gasteiger partial charge < -0.3 is 10.1 Å². The third-order valence-corrected chi connectivity index (χ3v) is 3.89. The minimum atomic E-state index is -0.762.